The number of hydrogen-bond donors (Lipinski definition) is 2. The van der Waals surface area contributed by atoms with Gasteiger partial charge in [0.05, 0.1) is 17.6 Å². The Bertz CT molecular complexity index is 1160. The zero-order valence-corrected chi connectivity index (χ0v) is 17.1. The molecule has 3 aromatic heterocycles. The Balaban J connectivity index is 1.46. The molecule has 1 aliphatic rings. The number of rotatable bonds is 4. The van der Waals surface area contributed by atoms with Crippen LogP contribution in [0.4, 0.5) is 5.95 Å². The molecule has 5 rings (SSSR count). The maximum atomic E-state index is 6.03. The molecule has 6 nitrogen and oxygen atoms in total. The second kappa shape index (κ2) is 7.88. The van der Waals surface area contributed by atoms with Crippen molar-refractivity contribution in [2.24, 2.45) is 5.73 Å². The molecule has 0 radical (unpaired) electrons. The minimum absolute atomic E-state index is 0.330. The molecule has 1 saturated carbocycles. The third-order valence-corrected chi connectivity index (χ3v) is 5.94. The van der Waals surface area contributed by atoms with E-state index < -0.39 is 0 Å². The summed E-state index contributed by atoms with van der Waals surface area (Å²) in [6.45, 7) is 2.04. The fraction of sp³-hybridized carbons (Fsp3) is 0.292. The lowest BCUT2D eigenvalue weighted by Crippen LogP contribution is -2.33. The lowest BCUT2D eigenvalue weighted by atomic mass is 9.92. The summed E-state index contributed by atoms with van der Waals surface area (Å²) in [6.07, 6.45) is 10.1. The molecule has 30 heavy (non-hydrogen) atoms. The molecule has 4 aromatic rings. The van der Waals surface area contributed by atoms with Gasteiger partial charge in [-0.1, -0.05) is 30.3 Å². The van der Waals surface area contributed by atoms with Crippen LogP contribution < -0.4 is 11.1 Å². The molecule has 0 amide bonds. The van der Waals surface area contributed by atoms with E-state index in [2.05, 4.69) is 62.3 Å². The minimum atomic E-state index is 0.330. The molecule has 0 spiro atoms. The van der Waals surface area contributed by atoms with E-state index in [1.165, 1.54) is 5.56 Å². The van der Waals surface area contributed by atoms with Crippen LogP contribution >= 0.6 is 0 Å². The molecule has 3 N–H and O–H groups in total. The number of pyridine rings is 1. The predicted molar refractivity (Wildman–Crippen MR) is 120 cm³/mol. The van der Waals surface area contributed by atoms with Crippen LogP contribution in [0.25, 0.3) is 28.2 Å². The summed E-state index contributed by atoms with van der Waals surface area (Å²) >= 11 is 0. The zero-order chi connectivity index (χ0) is 20.5. The van der Waals surface area contributed by atoms with E-state index in [9.17, 15) is 0 Å². The van der Waals surface area contributed by atoms with Crippen molar-refractivity contribution in [1.82, 2.24) is 19.4 Å². The predicted octanol–water partition coefficient (Wildman–Crippen LogP) is 4.45. The molecule has 0 atom stereocenters. The normalized spacial score (nSPS) is 19.1. The van der Waals surface area contributed by atoms with E-state index in [1.54, 1.807) is 0 Å². The number of imidazole rings is 1. The van der Waals surface area contributed by atoms with Gasteiger partial charge >= 0.3 is 0 Å². The molecule has 3 heterocycles. The number of nitrogens with zero attached hydrogens (tertiary/aromatic N) is 4. The standard InChI is InChI=1S/C24H26N6/c1-16-14-27-24(28-20-9-7-19(25)8-10-20)29-23(16)21-15-26-22-13-18(11-12-30(21)22)17-5-3-2-4-6-17/h2-6,11-15,19-20H,7-10,25H2,1H3,(H,27,28,29). The molecular weight excluding hydrogens is 372 g/mol. The summed E-state index contributed by atoms with van der Waals surface area (Å²) in [5.74, 6) is 0.673. The molecule has 1 fully saturated rings. The lowest BCUT2D eigenvalue weighted by molar-refractivity contribution is 0.410. The van der Waals surface area contributed by atoms with Crippen molar-refractivity contribution in [2.45, 2.75) is 44.7 Å². The summed E-state index contributed by atoms with van der Waals surface area (Å²) in [4.78, 5) is 14.0. The molecule has 0 aliphatic heterocycles. The number of benzene rings is 1. The van der Waals surface area contributed by atoms with E-state index in [0.29, 0.717) is 18.0 Å². The van der Waals surface area contributed by atoms with Gasteiger partial charge in [-0.25, -0.2) is 15.0 Å². The van der Waals surface area contributed by atoms with Gasteiger partial charge in [0.1, 0.15) is 5.65 Å². The van der Waals surface area contributed by atoms with Crippen molar-refractivity contribution in [1.29, 1.82) is 0 Å². The summed E-state index contributed by atoms with van der Waals surface area (Å²) in [6, 6.07) is 15.3. The highest BCUT2D eigenvalue weighted by atomic mass is 15.1. The Hall–Kier alpha value is -3.25. The van der Waals surface area contributed by atoms with Gasteiger partial charge in [0.15, 0.2) is 0 Å². The highest BCUT2D eigenvalue weighted by Gasteiger charge is 2.20. The SMILES string of the molecule is Cc1cnc(NC2CCC(N)CC2)nc1-c1cnc2cc(-c3ccccc3)ccn12. The number of hydrogen-bond acceptors (Lipinski definition) is 5. The van der Waals surface area contributed by atoms with Crippen molar-refractivity contribution in [3.05, 3.63) is 66.6 Å². The number of aromatic nitrogens is 4. The molecule has 152 valence electrons. The first-order chi connectivity index (χ1) is 14.7. The summed E-state index contributed by atoms with van der Waals surface area (Å²) in [7, 11) is 0. The van der Waals surface area contributed by atoms with Gasteiger partial charge in [-0.05, 0) is 61.4 Å². The van der Waals surface area contributed by atoms with E-state index in [0.717, 1.165) is 53.8 Å². The van der Waals surface area contributed by atoms with Gasteiger partial charge in [-0.15, -0.1) is 0 Å². The van der Waals surface area contributed by atoms with Crippen LogP contribution in [0.5, 0.6) is 0 Å². The first kappa shape index (κ1) is 18.8. The highest BCUT2D eigenvalue weighted by molar-refractivity contribution is 5.70. The Morgan fingerprint density at radius 1 is 0.967 bits per heavy atom. The summed E-state index contributed by atoms with van der Waals surface area (Å²) in [5, 5.41) is 3.50. The van der Waals surface area contributed by atoms with Crippen LogP contribution in [0.1, 0.15) is 31.2 Å². The molecule has 1 aromatic carbocycles. The Labute approximate surface area is 176 Å². The second-order valence-corrected chi connectivity index (χ2v) is 8.13. The van der Waals surface area contributed by atoms with Gasteiger partial charge in [0, 0.05) is 24.5 Å². The van der Waals surface area contributed by atoms with Gasteiger partial charge in [-0.3, -0.25) is 4.40 Å². The fourth-order valence-electron chi connectivity index (χ4n) is 4.18. The second-order valence-electron chi connectivity index (χ2n) is 8.13. The van der Waals surface area contributed by atoms with Crippen LogP contribution in [0.3, 0.4) is 0 Å². The number of nitrogens with one attached hydrogen (secondary N) is 1. The maximum Gasteiger partial charge on any atom is 0.223 e. The van der Waals surface area contributed by atoms with Crippen LogP contribution in [0, 0.1) is 6.92 Å². The monoisotopic (exact) mass is 398 g/mol. The topological polar surface area (TPSA) is 81.1 Å². The average molecular weight is 399 g/mol. The Kier molecular flexibility index (Phi) is 4.93. The summed E-state index contributed by atoms with van der Waals surface area (Å²) < 4.78 is 2.09. The third kappa shape index (κ3) is 3.66. The Morgan fingerprint density at radius 3 is 2.57 bits per heavy atom. The maximum absolute atomic E-state index is 6.03. The van der Waals surface area contributed by atoms with Gasteiger partial charge in [0.25, 0.3) is 0 Å². The van der Waals surface area contributed by atoms with E-state index >= 15 is 0 Å². The van der Waals surface area contributed by atoms with E-state index in [1.807, 2.05) is 25.4 Å². The first-order valence-electron chi connectivity index (χ1n) is 10.6. The van der Waals surface area contributed by atoms with Gasteiger partial charge < -0.3 is 11.1 Å². The van der Waals surface area contributed by atoms with Crippen LogP contribution in [0.2, 0.25) is 0 Å². The van der Waals surface area contributed by atoms with Crippen LogP contribution in [0.15, 0.2) is 61.1 Å². The summed E-state index contributed by atoms with van der Waals surface area (Å²) in [5.41, 5.74) is 12.2. The fourth-order valence-corrected chi connectivity index (χ4v) is 4.18. The molecule has 0 bridgehead atoms. The number of anilines is 1. The number of aryl methyl sites for hydroxylation is 1. The minimum Gasteiger partial charge on any atom is -0.351 e. The van der Waals surface area contributed by atoms with Crippen molar-refractivity contribution >= 4 is 11.6 Å². The molecule has 0 saturated heterocycles. The van der Waals surface area contributed by atoms with E-state index in [4.69, 9.17) is 10.7 Å². The third-order valence-electron chi connectivity index (χ3n) is 5.94. The lowest BCUT2D eigenvalue weighted by Gasteiger charge is -2.26. The largest absolute Gasteiger partial charge is 0.351 e. The Morgan fingerprint density at radius 2 is 1.77 bits per heavy atom. The van der Waals surface area contributed by atoms with Crippen molar-refractivity contribution in [3.8, 4) is 22.5 Å². The van der Waals surface area contributed by atoms with Crippen molar-refractivity contribution in [3.63, 3.8) is 0 Å². The zero-order valence-electron chi connectivity index (χ0n) is 17.1. The quantitative estimate of drug-likeness (QED) is 0.531. The average Bonchev–Trinajstić information content (AvgIpc) is 3.20. The first-order valence-corrected chi connectivity index (χ1v) is 10.6. The van der Waals surface area contributed by atoms with Gasteiger partial charge in [-0.2, -0.15) is 0 Å². The molecule has 1 aliphatic carbocycles. The molecule has 0 unspecified atom stereocenters. The number of nitrogens with two attached hydrogens (primary N) is 1. The highest BCUT2D eigenvalue weighted by Crippen LogP contribution is 2.27. The van der Waals surface area contributed by atoms with Crippen LogP contribution in [-0.4, -0.2) is 31.4 Å². The van der Waals surface area contributed by atoms with E-state index in [-0.39, 0.29) is 0 Å². The van der Waals surface area contributed by atoms with Crippen LogP contribution in [-0.2, 0) is 0 Å². The smallest absolute Gasteiger partial charge is 0.223 e. The van der Waals surface area contributed by atoms with Gasteiger partial charge in [0.2, 0.25) is 5.95 Å². The van der Waals surface area contributed by atoms with Crippen molar-refractivity contribution in [2.75, 3.05) is 5.32 Å². The molecular formula is C24H26N6. The molecule has 6 heteroatoms. The van der Waals surface area contributed by atoms with Crippen molar-refractivity contribution < 1.29 is 0 Å². The number of fused-ring (bicyclic) bond motifs is 1.